The standard InChI is InChI=1S/C31H38N2O12/c1-14(30(41)33-21-22(36)24(38)29-28(23(21)37)42-13-43-29)10-17-8-9-19(18(34)11-17)44-31-26(40)25(39)27(45-31)15(2)32-20(35)12-16-6-4-3-5-7-16/h3-11,15,21-29,31,34,36-40H,12-13H2,1-2H3,(H,32,35)(H,33,41)/b14-10-/t15?,21-,22+,23-,24-,25+,26+,27?,28+,29-,31-/m1/s1. The number of aliphatic hydroxyl groups is 5. The first kappa shape index (κ1) is 32.8. The molecule has 2 aromatic carbocycles. The van der Waals surface area contributed by atoms with E-state index in [1.165, 1.54) is 31.2 Å². The van der Waals surface area contributed by atoms with Gasteiger partial charge in [-0.15, -0.1) is 0 Å². The summed E-state index contributed by atoms with van der Waals surface area (Å²) >= 11 is 0. The van der Waals surface area contributed by atoms with Gasteiger partial charge in [0.25, 0.3) is 0 Å². The highest BCUT2D eigenvalue weighted by Crippen LogP contribution is 2.33. The zero-order valence-corrected chi connectivity index (χ0v) is 24.6. The number of rotatable bonds is 9. The van der Waals surface area contributed by atoms with Gasteiger partial charge >= 0.3 is 0 Å². The Morgan fingerprint density at radius 1 is 0.956 bits per heavy atom. The van der Waals surface area contributed by atoms with Crippen molar-refractivity contribution in [2.45, 2.75) is 87.5 Å². The van der Waals surface area contributed by atoms with Crippen molar-refractivity contribution in [3.05, 3.63) is 65.2 Å². The largest absolute Gasteiger partial charge is 0.504 e. The first-order valence-electron chi connectivity index (χ1n) is 14.6. The second kappa shape index (κ2) is 13.8. The Bertz CT molecular complexity index is 1390. The number of carbonyl (C=O) groups is 2. The highest BCUT2D eigenvalue weighted by molar-refractivity contribution is 5.97. The van der Waals surface area contributed by atoms with Gasteiger partial charge < -0.3 is 60.2 Å². The predicted octanol–water partition coefficient (Wildman–Crippen LogP) is -1.31. The molecule has 0 spiro atoms. The van der Waals surface area contributed by atoms with Gasteiger partial charge in [-0.05, 0) is 43.2 Å². The molecular weight excluding hydrogens is 592 g/mol. The van der Waals surface area contributed by atoms with Crippen LogP contribution in [0.5, 0.6) is 11.5 Å². The number of nitrogens with one attached hydrogen (secondary N) is 2. The second-order valence-corrected chi connectivity index (χ2v) is 11.5. The molecule has 0 bridgehead atoms. The third kappa shape index (κ3) is 7.13. The second-order valence-electron chi connectivity index (χ2n) is 11.5. The van der Waals surface area contributed by atoms with Crippen LogP contribution in [-0.2, 0) is 30.2 Å². The van der Waals surface area contributed by atoms with Crippen LogP contribution in [0.1, 0.15) is 25.0 Å². The van der Waals surface area contributed by atoms with Crippen LogP contribution in [0.4, 0.5) is 0 Å². The molecule has 2 aromatic rings. The summed E-state index contributed by atoms with van der Waals surface area (Å²) in [5, 5.41) is 68.4. The first-order chi connectivity index (χ1) is 21.4. The SMILES string of the molecule is C/C(=C/c1ccc(O[C@@H]2OC(C(C)NC(=O)Cc3ccccc3)[C@@H](O)[C@@H]2O)c(O)c1)C(=O)N[C@@H]1[C@H](O)[C@@H](O)[C@H]2OCO[C@H]2[C@@H]1O. The van der Waals surface area contributed by atoms with Crippen molar-refractivity contribution in [2.24, 2.45) is 0 Å². The highest BCUT2D eigenvalue weighted by atomic mass is 16.7. The maximum absolute atomic E-state index is 12.9. The van der Waals surface area contributed by atoms with Gasteiger partial charge in [-0.2, -0.15) is 0 Å². The summed E-state index contributed by atoms with van der Waals surface area (Å²) in [5.41, 5.74) is 1.37. The molecule has 1 aliphatic carbocycles. The lowest BCUT2D eigenvalue weighted by atomic mass is 9.83. The number of carbonyl (C=O) groups excluding carboxylic acids is 2. The van der Waals surface area contributed by atoms with Crippen LogP contribution in [0.3, 0.4) is 0 Å². The Balaban J connectivity index is 1.17. The average Bonchev–Trinajstić information content (AvgIpc) is 3.61. The Labute approximate surface area is 258 Å². The monoisotopic (exact) mass is 630 g/mol. The molecule has 8 N–H and O–H groups in total. The number of aromatic hydroxyl groups is 1. The minimum Gasteiger partial charge on any atom is -0.504 e. The van der Waals surface area contributed by atoms with Crippen LogP contribution in [0.15, 0.2) is 54.1 Å². The Hall–Kier alpha value is -3.60. The summed E-state index contributed by atoms with van der Waals surface area (Å²) in [6.45, 7) is 2.96. The number of aliphatic hydroxyl groups excluding tert-OH is 5. The van der Waals surface area contributed by atoms with Gasteiger partial charge in [-0.25, -0.2) is 0 Å². The first-order valence-corrected chi connectivity index (χ1v) is 14.6. The number of hydrogen-bond acceptors (Lipinski definition) is 12. The van der Waals surface area contributed by atoms with Crippen LogP contribution in [0.2, 0.25) is 0 Å². The molecular formula is C31H38N2O12. The third-order valence-corrected chi connectivity index (χ3v) is 8.21. The molecule has 2 aliphatic heterocycles. The van der Waals surface area contributed by atoms with E-state index in [1.54, 1.807) is 6.92 Å². The molecule has 14 heteroatoms. The fourth-order valence-electron chi connectivity index (χ4n) is 5.74. The molecule has 244 valence electrons. The van der Waals surface area contributed by atoms with E-state index < -0.39 is 73.1 Å². The van der Waals surface area contributed by atoms with Crippen molar-refractivity contribution in [3.8, 4) is 11.5 Å². The molecule has 14 nitrogen and oxygen atoms in total. The minimum absolute atomic E-state index is 0.0669. The third-order valence-electron chi connectivity index (χ3n) is 8.21. The number of amides is 2. The summed E-state index contributed by atoms with van der Waals surface area (Å²) in [5.74, 6) is -1.35. The summed E-state index contributed by atoms with van der Waals surface area (Å²) < 4.78 is 21.9. The maximum Gasteiger partial charge on any atom is 0.247 e. The van der Waals surface area contributed by atoms with Crippen molar-refractivity contribution >= 4 is 17.9 Å². The lowest BCUT2D eigenvalue weighted by Crippen LogP contribution is -2.67. The van der Waals surface area contributed by atoms with Crippen LogP contribution in [0.25, 0.3) is 6.08 Å². The van der Waals surface area contributed by atoms with Crippen molar-refractivity contribution in [1.29, 1.82) is 0 Å². The Morgan fingerprint density at radius 2 is 1.64 bits per heavy atom. The molecule has 5 rings (SSSR count). The highest BCUT2D eigenvalue weighted by Gasteiger charge is 2.53. The van der Waals surface area contributed by atoms with Gasteiger partial charge in [0, 0.05) is 5.57 Å². The van der Waals surface area contributed by atoms with E-state index in [0.717, 1.165) is 5.56 Å². The molecule has 45 heavy (non-hydrogen) atoms. The Morgan fingerprint density at radius 3 is 2.33 bits per heavy atom. The van der Waals surface area contributed by atoms with Crippen molar-refractivity contribution in [1.82, 2.24) is 10.6 Å². The van der Waals surface area contributed by atoms with Crippen molar-refractivity contribution < 1.29 is 59.2 Å². The number of phenolic OH excluding ortho intramolecular Hbond substituents is 1. The zero-order chi connectivity index (χ0) is 32.4. The average molecular weight is 631 g/mol. The fraction of sp³-hybridized carbons (Fsp3) is 0.484. The lowest BCUT2D eigenvalue weighted by Gasteiger charge is -2.41. The number of benzene rings is 2. The number of phenols is 1. The normalized spacial score (nSPS) is 33.7. The van der Waals surface area contributed by atoms with E-state index in [9.17, 15) is 40.2 Å². The van der Waals surface area contributed by atoms with Crippen LogP contribution in [-0.4, -0.2) is 116 Å². The molecule has 2 saturated heterocycles. The molecule has 0 aromatic heterocycles. The molecule has 3 fully saturated rings. The number of ether oxygens (including phenoxy) is 4. The van der Waals surface area contributed by atoms with E-state index >= 15 is 0 Å². The van der Waals surface area contributed by atoms with Gasteiger partial charge in [0.05, 0.1) is 18.5 Å². The van der Waals surface area contributed by atoms with Crippen LogP contribution < -0.4 is 15.4 Å². The van der Waals surface area contributed by atoms with E-state index in [4.69, 9.17) is 18.9 Å². The van der Waals surface area contributed by atoms with Gasteiger partial charge in [0.15, 0.2) is 11.5 Å². The van der Waals surface area contributed by atoms with E-state index in [-0.39, 0.29) is 36.2 Å². The zero-order valence-electron chi connectivity index (χ0n) is 24.6. The lowest BCUT2D eigenvalue weighted by molar-refractivity contribution is -0.155. The molecule has 0 radical (unpaired) electrons. The topological polar surface area (TPSA) is 216 Å². The molecule has 2 amide bonds. The molecule has 2 heterocycles. The van der Waals surface area contributed by atoms with Gasteiger partial charge in [0.1, 0.15) is 55.6 Å². The summed E-state index contributed by atoms with van der Waals surface area (Å²) in [6, 6.07) is 11.4. The van der Waals surface area contributed by atoms with Crippen LogP contribution in [0, 0.1) is 0 Å². The molecule has 1 saturated carbocycles. The molecule has 2 unspecified atom stereocenters. The quantitative estimate of drug-likeness (QED) is 0.152. The summed E-state index contributed by atoms with van der Waals surface area (Å²) in [4.78, 5) is 25.3. The molecule has 11 atom stereocenters. The van der Waals surface area contributed by atoms with E-state index in [1.807, 2.05) is 30.3 Å². The predicted molar refractivity (Wildman–Crippen MR) is 155 cm³/mol. The van der Waals surface area contributed by atoms with Crippen molar-refractivity contribution in [2.75, 3.05) is 6.79 Å². The Kier molecular flexibility index (Phi) is 10.1. The summed E-state index contributed by atoms with van der Waals surface area (Å²) in [6.07, 6.45) is -9.66. The fourth-order valence-corrected chi connectivity index (χ4v) is 5.74. The smallest absolute Gasteiger partial charge is 0.247 e. The van der Waals surface area contributed by atoms with Gasteiger partial charge in [0.2, 0.25) is 18.1 Å². The number of fused-ring (bicyclic) bond motifs is 1. The van der Waals surface area contributed by atoms with E-state index in [2.05, 4.69) is 10.6 Å². The molecule has 3 aliphatic rings. The summed E-state index contributed by atoms with van der Waals surface area (Å²) in [7, 11) is 0. The maximum atomic E-state index is 12.9. The minimum atomic E-state index is -1.50. The van der Waals surface area contributed by atoms with Crippen LogP contribution >= 0.6 is 0 Å². The van der Waals surface area contributed by atoms with Gasteiger partial charge in [-0.1, -0.05) is 36.4 Å². The van der Waals surface area contributed by atoms with E-state index in [0.29, 0.717) is 5.56 Å². The van der Waals surface area contributed by atoms with Gasteiger partial charge in [-0.3, -0.25) is 9.59 Å². The number of hydrogen-bond donors (Lipinski definition) is 8. The van der Waals surface area contributed by atoms with Crippen molar-refractivity contribution in [3.63, 3.8) is 0 Å².